The van der Waals surface area contributed by atoms with E-state index in [4.69, 9.17) is 4.42 Å². The molecule has 6 nitrogen and oxygen atoms in total. The van der Waals surface area contributed by atoms with Gasteiger partial charge in [0, 0.05) is 17.0 Å². The third kappa shape index (κ3) is 2.07. The lowest BCUT2D eigenvalue weighted by Crippen LogP contribution is -2.33. The highest BCUT2D eigenvalue weighted by atomic mass is 31.2. The van der Waals surface area contributed by atoms with E-state index in [2.05, 4.69) is 5.32 Å². The van der Waals surface area contributed by atoms with Crippen molar-refractivity contribution in [3.8, 4) is 0 Å². The van der Waals surface area contributed by atoms with Gasteiger partial charge in [0.15, 0.2) is 0 Å². The van der Waals surface area contributed by atoms with Crippen LogP contribution in [0.15, 0.2) is 21.3 Å². The van der Waals surface area contributed by atoms with Crippen LogP contribution >= 0.6 is 7.60 Å². The second-order valence-corrected chi connectivity index (χ2v) is 7.53. The van der Waals surface area contributed by atoms with Gasteiger partial charge < -0.3 is 19.5 Å². The molecule has 0 bridgehead atoms. The van der Waals surface area contributed by atoms with Crippen molar-refractivity contribution in [2.75, 3.05) is 6.54 Å². The molecule has 7 heteroatoms. The fourth-order valence-electron chi connectivity index (χ4n) is 3.70. The molecule has 3 N–H and O–H groups in total. The van der Waals surface area contributed by atoms with E-state index >= 15 is 0 Å². The Balaban J connectivity index is 2.07. The van der Waals surface area contributed by atoms with E-state index in [1.807, 2.05) is 6.07 Å². The first-order valence-electron chi connectivity index (χ1n) is 7.37. The van der Waals surface area contributed by atoms with Crippen LogP contribution in [0.2, 0.25) is 0 Å². The molecule has 4 rings (SSSR count). The summed E-state index contributed by atoms with van der Waals surface area (Å²) in [6.07, 6.45) is 3.78. The van der Waals surface area contributed by atoms with Gasteiger partial charge in [0.1, 0.15) is 10.9 Å². The molecule has 0 spiro atoms. The number of hydrogen-bond acceptors (Lipinski definition) is 4. The monoisotopic (exact) mass is 321 g/mol. The lowest BCUT2D eigenvalue weighted by molar-refractivity contribution is 0.385. The lowest BCUT2D eigenvalue weighted by atomic mass is 9.80. The Bertz CT molecular complexity index is 880. The van der Waals surface area contributed by atoms with E-state index in [0.717, 1.165) is 37.8 Å². The first-order valence-corrected chi connectivity index (χ1v) is 8.98. The fraction of sp³-hybridized carbons (Fsp3) is 0.400. The van der Waals surface area contributed by atoms with Crippen LogP contribution in [0.4, 0.5) is 0 Å². The quantitative estimate of drug-likeness (QED) is 0.538. The maximum Gasteiger partial charge on any atom is 0.363 e. The number of nitrogens with one attached hydrogen (secondary N) is 1. The van der Waals surface area contributed by atoms with Gasteiger partial charge in [-0.1, -0.05) is 0 Å². The summed E-state index contributed by atoms with van der Waals surface area (Å²) in [5, 5.41) is 3.53. The second kappa shape index (κ2) is 4.77. The number of fused-ring (bicyclic) bond motifs is 2. The van der Waals surface area contributed by atoms with Crippen molar-refractivity contribution in [2.24, 2.45) is 0 Å². The van der Waals surface area contributed by atoms with Crippen molar-refractivity contribution in [3.05, 3.63) is 39.2 Å². The van der Waals surface area contributed by atoms with Gasteiger partial charge in [-0.15, -0.1) is 0 Å². The number of rotatable bonds is 1. The van der Waals surface area contributed by atoms with Gasteiger partial charge in [-0.25, -0.2) is 4.79 Å². The van der Waals surface area contributed by atoms with Crippen LogP contribution in [0.1, 0.15) is 35.6 Å². The summed E-state index contributed by atoms with van der Waals surface area (Å²) in [4.78, 5) is 30.5. The van der Waals surface area contributed by atoms with Gasteiger partial charge in [0.25, 0.3) is 0 Å². The van der Waals surface area contributed by atoms with Crippen LogP contribution in [0.25, 0.3) is 11.0 Å². The highest BCUT2D eigenvalue weighted by Crippen LogP contribution is 2.40. The molecule has 1 aromatic carbocycles. The Morgan fingerprint density at radius 2 is 2.09 bits per heavy atom. The van der Waals surface area contributed by atoms with Crippen LogP contribution < -0.4 is 16.2 Å². The summed E-state index contributed by atoms with van der Waals surface area (Å²) in [5.74, 6) is 0. The van der Waals surface area contributed by atoms with Crippen molar-refractivity contribution in [3.63, 3.8) is 0 Å². The third-order valence-electron chi connectivity index (χ3n) is 4.60. The largest absolute Gasteiger partial charge is 0.422 e. The molecule has 1 unspecified atom stereocenters. The molecule has 2 aliphatic rings. The summed E-state index contributed by atoms with van der Waals surface area (Å²) >= 11 is 0. The van der Waals surface area contributed by atoms with Gasteiger partial charge >= 0.3 is 13.2 Å². The molecule has 2 heterocycles. The highest BCUT2D eigenvalue weighted by molar-refractivity contribution is 7.60. The Morgan fingerprint density at radius 3 is 2.86 bits per heavy atom. The molecule has 0 saturated heterocycles. The zero-order chi connectivity index (χ0) is 15.5. The number of hydrogen-bond donors (Lipinski definition) is 3. The Hall–Kier alpha value is -1.46. The van der Waals surface area contributed by atoms with Crippen molar-refractivity contribution in [2.45, 2.75) is 31.7 Å². The average Bonchev–Trinajstić information content (AvgIpc) is 2.47. The highest BCUT2D eigenvalue weighted by Gasteiger charge is 2.30. The Morgan fingerprint density at radius 1 is 1.27 bits per heavy atom. The Kier molecular flexibility index (Phi) is 3.07. The first-order chi connectivity index (χ1) is 10.4. The minimum Gasteiger partial charge on any atom is -0.422 e. The zero-order valence-electron chi connectivity index (χ0n) is 11.8. The summed E-state index contributed by atoms with van der Waals surface area (Å²) < 4.78 is 16.7. The van der Waals surface area contributed by atoms with Gasteiger partial charge in [-0.05, 0) is 55.5 Å². The first kappa shape index (κ1) is 14.2. The normalized spacial score (nSPS) is 20.9. The molecule has 1 aromatic heterocycles. The summed E-state index contributed by atoms with van der Waals surface area (Å²) in [5.41, 5.74) is 2.97. The van der Waals surface area contributed by atoms with E-state index < -0.39 is 18.5 Å². The predicted octanol–water partition coefficient (Wildman–Crippen LogP) is 1.12. The van der Waals surface area contributed by atoms with E-state index in [0.29, 0.717) is 17.0 Å². The van der Waals surface area contributed by atoms with Crippen LogP contribution in [0, 0.1) is 0 Å². The fourth-order valence-corrected chi connectivity index (χ4v) is 4.30. The standard InChI is InChI=1S/C15H16NO5P/c17-15-12(22(18,19)20)7-9-6-8-4-5-16-11-3-1-2-10(13(8)11)14(9)21-15/h6-7,11,16H,1-5H2,(H2,18,19,20). The zero-order valence-corrected chi connectivity index (χ0v) is 12.7. The average molecular weight is 321 g/mol. The van der Waals surface area contributed by atoms with Crippen LogP contribution in [0.5, 0.6) is 0 Å². The molecule has 22 heavy (non-hydrogen) atoms. The summed E-state index contributed by atoms with van der Waals surface area (Å²) in [7, 11) is -4.63. The number of benzene rings is 1. The topological polar surface area (TPSA) is 99.8 Å². The van der Waals surface area contributed by atoms with E-state index in [9.17, 15) is 19.1 Å². The SMILES string of the molecule is O=c1oc2c3c4c(cc2cc1P(=O)(O)O)CCNC4CCC3. The molecular weight excluding hydrogens is 305 g/mol. The van der Waals surface area contributed by atoms with E-state index in [-0.39, 0.29) is 0 Å². The van der Waals surface area contributed by atoms with E-state index in [1.165, 1.54) is 17.2 Å². The van der Waals surface area contributed by atoms with Crippen LogP contribution in [-0.4, -0.2) is 16.3 Å². The second-order valence-electron chi connectivity index (χ2n) is 5.96. The predicted molar refractivity (Wildman–Crippen MR) is 81.5 cm³/mol. The lowest BCUT2D eigenvalue weighted by Gasteiger charge is -2.33. The van der Waals surface area contributed by atoms with Gasteiger partial charge in [0.2, 0.25) is 0 Å². The van der Waals surface area contributed by atoms with E-state index in [1.54, 1.807) is 0 Å². The molecule has 0 radical (unpaired) electrons. The van der Waals surface area contributed by atoms with Crippen LogP contribution in [0.3, 0.4) is 0 Å². The maximum atomic E-state index is 11.9. The van der Waals surface area contributed by atoms with Gasteiger partial charge in [0.05, 0.1) is 0 Å². The van der Waals surface area contributed by atoms with Crippen molar-refractivity contribution in [1.82, 2.24) is 5.32 Å². The minimum absolute atomic E-state index is 0.295. The third-order valence-corrected chi connectivity index (χ3v) is 5.54. The van der Waals surface area contributed by atoms with Gasteiger partial charge in [-0.2, -0.15) is 0 Å². The summed E-state index contributed by atoms with van der Waals surface area (Å²) in [6.45, 7) is 0.894. The molecule has 0 fully saturated rings. The molecule has 1 atom stereocenters. The van der Waals surface area contributed by atoms with Crippen molar-refractivity contribution in [1.29, 1.82) is 0 Å². The molecule has 1 aliphatic carbocycles. The van der Waals surface area contributed by atoms with Gasteiger partial charge in [-0.3, -0.25) is 4.57 Å². The van der Waals surface area contributed by atoms with Crippen LogP contribution in [-0.2, 0) is 17.4 Å². The van der Waals surface area contributed by atoms with Crippen molar-refractivity contribution >= 4 is 23.9 Å². The molecule has 2 aromatic rings. The molecule has 1 aliphatic heterocycles. The molecule has 0 amide bonds. The molecule has 116 valence electrons. The molecule has 0 saturated carbocycles. The Labute approximate surface area is 126 Å². The van der Waals surface area contributed by atoms with Crippen molar-refractivity contribution < 1.29 is 18.8 Å². The maximum absolute atomic E-state index is 11.9. The summed E-state index contributed by atoms with van der Waals surface area (Å²) in [6, 6.07) is 3.50. The number of aryl methyl sites for hydroxylation is 1. The minimum atomic E-state index is -4.63. The molecular formula is C15H16NO5P. The smallest absolute Gasteiger partial charge is 0.363 e.